The van der Waals surface area contributed by atoms with Crippen LogP contribution in [0.4, 0.5) is 17.1 Å². The summed E-state index contributed by atoms with van der Waals surface area (Å²) in [7, 11) is 0. The van der Waals surface area contributed by atoms with E-state index in [9.17, 15) is 0 Å². The Morgan fingerprint density at radius 1 is 0.205 bits per heavy atom. The predicted octanol–water partition coefficient (Wildman–Crippen LogP) is 20.8. The molecule has 0 saturated carbocycles. The fourth-order valence-electron chi connectivity index (χ4n) is 14.6. The Hall–Kier alpha value is -10.7. The summed E-state index contributed by atoms with van der Waals surface area (Å²) in [5.41, 5.74) is 26.0. The van der Waals surface area contributed by atoms with Crippen LogP contribution >= 0.6 is 0 Å². The highest BCUT2D eigenvalue weighted by molar-refractivity contribution is 5.99. The molecular formula is C80H51NO2. The zero-order valence-electron chi connectivity index (χ0n) is 45.2. The zero-order valence-corrected chi connectivity index (χ0v) is 45.2. The molecule has 0 saturated heterocycles. The summed E-state index contributed by atoms with van der Waals surface area (Å²) in [6.45, 7) is 0. The summed E-state index contributed by atoms with van der Waals surface area (Å²) in [4.78, 5) is 2.43. The predicted molar refractivity (Wildman–Crippen MR) is 338 cm³/mol. The summed E-state index contributed by atoms with van der Waals surface area (Å²) in [6, 6.07) is 113. The van der Waals surface area contributed by atoms with E-state index in [1.807, 2.05) is 0 Å². The van der Waals surface area contributed by atoms with Gasteiger partial charge >= 0.3 is 0 Å². The number of hydrogen-bond acceptors (Lipinski definition) is 3. The zero-order chi connectivity index (χ0) is 54.6. The van der Waals surface area contributed by atoms with Gasteiger partial charge in [-0.05, 0) is 150 Å². The van der Waals surface area contributed by atoms with Crippen molar-refractivity contribution >= 4 is 17.1 Å². The molecule has 0 N–H and O–H groups in total. The van der Waals surface area contributed by atoms with Crippen LogP contribution in [-0.2, 0) is 10.8 Å². The SMILES string of the molecule is c1ccc(-c2ccc(-c3ccc(N(c4cccc(-c5cccc6c5-c5ccccc5C65c6ccccc6Oc6ccccc65)c4)c4cccc(-c5cccc6c5-c5ccccc5C65c6ccccc6Oc6ccccc65)c4)cc3)cc2)cc1. The highest BCUT2D eigenvalue weighted by Gasteiger charge is 2.53. The van der Waals surface area contributed by atoms with E-state index in [1.54, 1.807) is 0 Å². The summed E-state index contributed by atoms with van der Waals surface area (Å²) in [6.07, 6.45) is 0. The number of hydrogen-bond donors (Lipinski definition) is 0. The Labute approximate surface area is 483 Å². The highest BCUT2D eigenvalue weighted by Crippen LogP contribution is 2.65. The topological polar surface area (TPSA) is 21.7 Å². The van der Waals surface area contributed by atoms with Crippen LogP contribution in [0.1, 0.15) is 44.5 Å². The number of fused-ring (bicyclic) bond motifs is 18. The number of benzene rings is 13. The lowest BCUT2D eigenvalue weighted by molar-refractivity contribution is 0.436. The summed E-state index contributed by atoms with van der Waals surface area (Å²) < 4.78 is 13.4. The van der Waals surface area contributed by atoms with Gasteiger partial charge in [0.05, 0.1) is 10.8 Å². The second-order valence-corrected chi connectivity index (χ2v) is 22.2. The van der Waals surface area contributed by atoms with Gasteiger partial charge in [-0.1, -0.05) is 249 Å². The smallest absolute Gasteiger partial charge is 0.132 e. The first kappa shape index (κ1) is 47.1. The van der Waals surface area contributed by atoms with E-state index in [2.05, 4.69) is 314 Å². The van der Waals surface area contributed by atoms with Crippen molar-refractivity contribution in [2.45, 2.75) is 10.8 Å². The molecule has 0 bridgehead atoms. The van der Waals surface area contributed by atoms with E-state index in [0.29, 0.717) is 0 Å². The Morgan fingerprint density at radius 3 is 0.928 bits per heavy atom. The number of ether oxygens (including phenoxy) is 2. The molecule has 2 spiro atoms. The van der Waals surface area contributed by atoms with Gasteiger partial charge in [0, 0.05) is 39.3 Å². The van der Waals surface area contributed by atoms with Crippen molar-refractivity contribution in [2.75, 3.05) is 4.90 Å². The third-order valence-electron chi connectivity index (χ3n) is 18.0. The minimum absolute atomic E-state index is 0.573. The van der Waals surface area contributed by atoms with Gasteiger partial charge < -0.3 is 14.4 Å². The number of para-hydroxylation sites is 4. The van der Waals surface area contributed by atoms with Crippen LogP contribution in [0.25, 0.3) is 66.8 Å². The van der Waals surface area contributed by atoms with Crippen LogP contribution in [0.3, 0.4) is 0 Å². The maximum Gasteiger partial charge on any atom is 0.132 e. The number of nitrogens with zero attached hydrogens (tertiary/aromatic N) is 1. The van der Waals surface area contributed by atoms with Gasteiger partial charge in [-0.2, -0.15) is 0 Å². The number of anilines is 3. The minimum atomic E-state index is -0.573. The van der Waals surface area contributed by atoms with Gasteiger partial charge in [-0.3, -0.25) is 0 Å². The Bertz CT molecular complexity index is 4420. The van der Waals surface area contributed by atoms with Crippen LogP contribution < -0.4 is 14.4 Å². The average molecular weight is 1060 g/mol. The molecule has 0 amide bonds. The summed E-state index contributed by atoms with van der Waals surface area (Å²) >= 11 is 0. The van der Waals surface area contributed by atoms with Crippen molar-refractivity contribution < 1.29 is 9.47 Å². The molecule has 83 heavy (non-hydrogen) atoms. The van der Waals surface area contributed by atoms with Gasteiger partial charge in [0.1, 0.15) is 23.0 Å². The first-order valence-corrected chi connectivity index (χ1v) is 28.6. The van der Waals surface area contributed by atoms with Gasteiger partial charge in [-0.15, -0.1) is 0 Å². The lowest BCUT2D eigenvalue weighted by atomic mass is 9.66. The second kappa shape index (κ2) is 18.4. The second-order valence-electron chi connectivity index (χ2n) is 22.2. The quantitative estimate of drug-likeness (QED) is 0.159. The largest absolute Gasteiger partial charge is 0.457 e. The molecular weight excluding hydrogens is 1010 g/mol. The molecule has 13 aromatic rings. The van der Waals surface area contributed by atoms with E-state index >= 15 is 0 Å². The minimum Gasteiger partial charge on any atom is -0.457 e. The lowest BCUT2D eigenvalue weighted by Crippen LogP contribution is -2.32. The Morgan fingerprint density at radius 2 is 0.506 bits per heavy atom. The average Bonchev–Trinajstić information content (AvgIpc) is 4.10. The number of rotatable bonds is 7. The molecule has 0 aromatic heterocycles. The van der Waals surface area contributed by atoms with Crippen molar-refractivity contribution in [3.8, 4) is 89.8 Å². The normalized spacial score (nSPS) is 13.7. The van der Waals surface area contributed by atoms with Crippen LogP contribution in [-0.4, -0.2) is 0 Å². The van der Waals surface area contributed by atoms with Gasteiger partial charge in [0.15, 0.2) is 0 Å². The highest BCUT2D eigenvalue weighted by atomic mass is 16.5. The third kappa shape index (κ3) is 6.86. The Balaban J connectivity index is 0.837. The first-order chi connectivity index (χ1) is 41.2. The van der Waals surface area contributed by atoms with Crippen molar-refractivity contribution in [2.24, 2.45) is 0 Å². The molecule has 17 rings (SSSR count). The third-order valence-corrected chi connectivity index (χ3v) is 18.0. The van der Waals surface area contributed by atoms with E-state index in [-0.39, 0.29) is 0 Å². The molecule has 0 radical (unpaired) electrons. The fraction of sp³-hybridized carbons (Fsp3) is 0.0250. The summed E-state index contributed by atoms with van der Waals surface area (Å²) in [5, 5.41) is 0. The standard InChI is InChI=1S/C80H51NO2/c1-2-20-52(21-3-1)53-42-44-54(45-43-53)55-46-48-58(49-47-55)81(59-24-16-22-56(50-59)61-28-18-36-71-77(61)63-26-4-6-30-65(63)79(71)67-32-8-12-38-73(67)82-74-39-13-9-33-68(74)79)60-25-17-23-57(51-60)62-29-19-37-72-78(62)64-27-5-7-31-66(64)80(72)69-34-10-14-40-75(69)83-76-41-15-11-35-70(76)80/h1-51H. The van der Waals surface area contributed by atoms with Crippen molar-refractivity contribution in [1.82, 2.24) is 0 Å². The molecule has 0 fully saturated rings. The maximum atomic E-state index is 6.70. The molecule has 3 nitrogen and oxygen atoms in total. The van der Waals surface area contributed by atoms with E-state index in [4.69, 9.17) is 9.47 Å². The van der Waals surface area contributed by atoms with Gasteiger partial charge in [0.25, 0.3) is 0 Å². The summed E-state index contributed by atoms with van der Waals surface area (Å²) in [5.74, 6) is 3.55. The van der Waals surface area contributed by atoms with E-state index in [0.717, 1.165) is 79.0 Å². The molecule has 13 aromatic carbocycles. The van der Waals surface area contributed by atoms with Gasteiger partial charge in [-0.25, -0.2) is 0 Å². The monoisotopic (exact) mass is 1060 g/mol. The first-order valence-electron chi connectivity index (χ1n) is 28.6. The fourth-order valence-corrected chi connectivity index (χ4v) is 14.6. The van der Waals surface area contributed by atoms with Crippen LogP contribution in [0.15, 0.2) is 309 Å². The van der Waals surface area contributed by atoms with Crippen molar-refractivity contribution in [1.29, 1.82) is 0 Å². The van der Waals surface area contributed by atoms with Gasteiger partial charge in [0.2, 0.25) is 0 Å². The molecule has 2 aliphatic carbocycles. The molecule has 4 aliphatic rings. The lowest BCUT2D eigenvalue weighted by Gasteiger charge is -2.39. The molecule has 3 heteroatoms. The van der Waals surface area contributed by atoms with Crippen molar-refractivity contribution in [3.05, 3.63) is 354 Å². The van der Waals surface area contributed by atoms with Crippen LogP contribution in [0, 0.1) is 0 Å². The van der Waals surface area contributed by atoms with Crippen LogP contribution in [0.5, 0.6) is 23.0 Å². The molecule has 0 unspecified atom stereocenters. The molecule has 0 atom stereocenters. The molecule has 388 valence electrons. The maximum absolute atomic E-state index is 6.70. The van der Waals surface area contributed by atoms with Crippen LogP contribution in [0.2, 0.25) is 0 Å². The molecule has 2 aliphatic heterocycles. The van der Waals surface area contributed by atoms with E-state index in [1.165, 1.54) is 72.3 Å². The van der Waals surface area contributed by atoms with Crippen molar-refractivity contribution in [3.63, 3.8) is 0 Å². The van der Waals surface area contributed by atoms with E-state index < -0.39 is 10.8 Å². The molecule has 2 heterocycles. The Kier molecular flexibility index (Phi) is 10.4.